The van der Waals surface area contributed by atoms with Gasteiger partial charge in [-0.15, -0.1) is 0 Å². The summed E-state index contributed by atoms with van der Waals surface area (Å²) in [4.78, 5) is 20.1. The van der Waals surface area contributed by atoms with Crippen molar-refractivity contribution in [1.29, 1.82) is 0 Å². The molecular weight excluding hydrogens is 242 g/mol. The van der Waals surface area contributed by atoms with Crippen LogP contribution in [0.5, 0.6) is 0 Å². The fraction of sp³-hybridized carbons (Fsp3) is 0.214. The Labute approximate surface area is 109 Å². The fourth-order valence-corrected chi connectivity index (χ4v) is 2.15. The van der Waals surface area contributed by atoms with Crippen LogP contribution in [-0.2, 0) is 7.05 Å². The number of aryl methyl sites for hydroxylation is 3. The van der Waals surface area contributed by atoms with Crippen LogP contribution in [0.25, 0.3) is 22.4 Å². The van der Waals surface area contributed by atoms with E-state index >= 15 is 0 Å². The maximum Gasteiger partial charge on any atom is 0.419 e. The summed E-state index contributed by atoms with van der Waals surface area (Å²) in [6.07, 6.45) is 0. The number of hydrogen-bond donors (Lipinski definition) is 0. The van der Waals surface area contributed by atoms with Crippen molar-refractivity contribution in [2.75, 3.05) is 0 Å². The molecule has 0 aliphatic carbocycles. The second-order valence-electron chi connectivity index (χ2n) is 4.55. The minimum atomic E-state index is -0.359. The molecule has 3 aromatic rings. The van der Waals surface area contributed by atoms with Gasteiger partial charge < -0.3 is 4.42 Å². The van der Waals surface area contributed by atoms with Gasteiger partial charge in [0.05, 0.1) is 11.2 Å². The van der Waals surface area contributed by atoms with E-state index in [9.17, 15) is 4.79 Å². The molecule has 5 heteroatoms. The molecule has 0 radical (unpaired) electrons. The van der Waals surface area contributed by atoms with Crippen LogP contribution in [0.15, 0.2) is 33.5 Å². The molecule has 5 nitrogen and oxygen atoms in total. The summed E-state index contributed by atoms with van der Waals surface area (Å²) < 4.78 is 6.60. The molecule has 0 atom stereocenters. The van der Waals surface area contributed by atoms with Gasteiger partial charge in [-0.05, 0) is 38.1 Å². The Hall–Kier alpha value is -2.43. The van der Waals surface area contributed by atoms with Gasteiger partial charge in [-0.3, -0.25) is 4.57 Å². The standard InChI is InChI=1S/C14H13N3O2/c1-8-6-11(16-9(2)15-8)10-4-5-13-12(7-10)17(3)14(18)19-13/h4-7H,1-3H3. The molecular formula is C14H13N3O2. The second kappa shape index (κ2) is 4.05. The number of hydrogen-bond acceptors (Lipinski definition) is 4. The van der Waals surface area contributed by atoms with E-state index in [2.05, 4.69) is 9.97 Å². The highest BCUT2D eigenvalue weighted by molar-refractivity contribution is 5.79. The van der Waals surface area contributed by atoms with Crippen LogP contribution in [0, 0.1) is 13.8 Å². The first-order valence-electron chi connectivity index (χ1n) is 5.97. The Morgan fingerprint density at radius 3 is 2.68 bits per heavy atom. The van der Waals surface area contributed by atoms with E-state index in [1.807, 2.05) is 32.0 Å². The molecule has 0 amide bonds. The molecule has 0 aliphatic heterocycles. The van der Waals surface area contributed by atoms with Crippen molar-refractivity contribution in [3.05, 3.63) is 46.3 Å². The Bertz CT molecular complexity index is 810. The van der Waals surface area contributed by atoms with Gasteiger partial charge in [-0.1, -0.05) is 0 Å². The van der Waals surface area contributed by atoms with Crippen molar-refractivity contribution in [3.63, 3.8) is 0 Å². The molecule has 96 valence electrons. The van der Waals surface area contributed by atoms with Gasteiger partial charge in [0, 0.05) is 18.3 Å². The van der Waals surface area contributed by atoms with Crippen molar-refractivity contribution in [2.45, 2.75) is 13.8 Å². The van der Waals surface area contributed by atoms with Gasteiger partial charge in [0.2, 0.25) is 0 Å². The Kier molecular flexibility index (Phi) is 2.48. The van der Waals surface area contributed by atoms with Crippen LogP contribution in [0.4, 0.5) is 0 Å². The Morgan fingerprint density at radius 2 is 1.95 bits per heavy atom. The fourth-order valence-electron chi connectivity index (χ4n) is 2.15. The van der Waals surface area contributed by atoms with E-state index in [0.717, 1.165) is 28.3 Å². The van der Waals surface area contributed by atoms with Crippen LogP contribution < -0.4 is 5.76 Å². The Morgan fingerprint density at radius 1 is 1.16 bits per heavy atom. The molecule has 1 aromatic carbocycles. The number of rotatable bonds is 1. The SMILES string of the molecule is Cc1cc(-c2ccc3oc(=O)n(C)c3c2)nc(C)n1. The van der Waals surface area contributed by atoms with Crippen LogP contribution in [0.1, 0.15) is 11.5 Å². The largest absolute Gasteiger partial charge is 0.419 e. The first-order valence-corrected chi connectivity index (χ1v) is 5.97. The maximum atomic E-state index is 11.5. The predicted molar refractivity (Wildman–Crippen MR) is 72.0 cm³/mol. The first kappa shape index (κ1) is 11.6. The third kappa shape index (κ3) is 1.93. The van der Waals surface area contributed by atoms with E-state index in [4.69, 9.17) is 4.42 Å². The molecule has 0 saturated carbocycles. The minimum absolute atomic E-state index is 0.359. The zero-order chi connectivity index (χ0) is 13.6. The van der Waals surface area contributed by atoms with Gasteiger partial charge in [0.1, 0.15) is 5.82 Å². The minimum Gasteiger partial charge on any atom is -0.408 e. The normalized spacial score (nSPS) is 11.1. The highest BCUT2D eigenvalue weighted by Gasteiger charge is 2.09. The molecule has 0 saturated heterocycles. The van der Waals surface area contributed by atoms with E-state index in [-0.39, 0.29) is 5.76 Å². The number of oxazole rings is 1. The predicted octanol–water partition coefficient (Wildman–Crippen LogP) is 2.21. The molecule has 0 N–H and O–H groups in total. The summed E-state index contributed by atoms with van der Waals surface area (Å²) in [5.74, 6) is 0.373. The quantitative estimate of drug-likeness (QED) is 0.668. The van der Waals surface area contributed by atoms with E-state index in [0.29, 0.717) is 5.58 Å². The summed E-state index contributed by atoms with van der Waals surface area (Å²) in [5, 5.41) is 0. The van der Waals surface area contributed by atoms with E-state index < -0.39 is 0 Å². The zero-order valence-corrected chi connectivity index (χ0v) is 11.0. The zero-order valence-electron chi connectivity index (χ0n) is 11.0. The molecule has 2 aromatic heterocycles. The number of aromatic nitrogens is 3. The smallest absolute Gasteiger partial charge is 0.408 e. The highest BCUT2D eigenvalue weighted by atomic mass is 16.4. The highest BCUT2D eigenvalue weighted by Crippen LogP contribution is 2.22. The van der Waals surface area contributed by atoms with Crippen LogP contribution in [-0.4, -0.2) is 14.5 Å². The van der Waals surface area contributed by atoms with Crippen molar-refractivity contribution in [2.24, 2.45) is 7.05 Å². The molecule has 19 heavy (non-hydrogen) atoms. The summed E-state index contributed by atoms with van der Waals surface area (Å²) in [5.41, 5.74) is 4.05. The number of benzene rings is 1. The lowest BCUT2D eigenvalue weighted by atomic mass is 10.1. The van der Waals surface area contributed by atoms with Gasteiger partial charge in [-0.25, -0.2) is 14.8 Å². The lowest BCUT2D eigenvalue weighted by molar-refractivity contribution is 0.528. The molecule has 3 rings (SSSR count). The van der Waals surface area contributed by atoms with Crippen molar-refractivity contribution >= 4 is 11.1 Å². The van der Waals surface area contributed by atoms with Crippen LogP contribution >= 0.6 is 0 Å². The lowest BCUT2D eigenvalue weighted by Crippen LogP contribution is -2.08. The third-order valence-electron chi connectivity index (χ3n) is 3.05. The summed E-state index contributed by atoms with van der Waals surface area (Å²) in [7, 11) is 1.69. The average Bonchev–Trinajstić information content (AvgIpc) is 2.64. The average molecular weight is 255 g/mol. The summed E-state index contributed by atoms with van der Waals surface area (Å²) >= 11 is 0. The van der Waals surface area contributed by atoms with Crippen molar-refractivity contribution in [3.8, 4) is 11.3 Å². The Balaban J connectivity index is 2.25. The summed E-state index contributed by atoms with van der Waals surface area (Å²) in [6.45, 7) is 3.80. The van der Waals surface area contributed by atoms with Gasteiger partial charge >= 0.3 is 5.76 Å². The van der Waals surface area contributed by atoms with Crippen LogP contribution in [0.3, 0.4) is 0 Å². The molecule has 0 aliphatic rings. The van der Waals surface area contributed by atoms with E-state index in [1.165, 1.54) is 4.57 Å². The van der Waals surface area contributed by atoms with Gasteiger partial charge in [0.25, 0.3) is 0 Å². The topological polar surface area (TPSA) is 60.9 Å². The first-order chi connectivity index (χ1) is 9.04. The maximum absolute atomic E-state index is 11.5. The van der Waals surface area contributed by atoms with Crippen molar-refractivity contribution in [1.82, 2.24) is 14.5 Å². The molecule has 2 heterocycles. The molecule has 0 spiro atoms. The lowest BCUT2D eigenvalue weighted by Gasteiger charge is -2.04. The summed E-state index contributed by atoms with van der Waals surface area (Å²) in [6, 6.07) is 7.51. The molecule has 0 unspecified atom stereocenters. The van der Waals surface area contributed by atoms with E-state index in [1.54, 1.807) is 13.1 Å². The number of fused-ring (bicyclic) bond motifs is 1. The molecule has 0 bridgehead atoms. The van der Waals surface area contributed by atoms with Gasteiger partial charge in [-0.2, -0.15) is 0 Å². The number of nitrogens with zero attached hydrogens (tertiary/aromatic N) is 3. The van der Waals surface area contributed by atoms with Gasteiger partial charge in [0.15, 0.2) is 5.58 Å². The monoisotopic (exact) mass is 255 g/mol. The van der Waals surface area contributed by atoms with Crippen LogP contribution in [0.2, 0.25) is 0 Å². The second-order valence-corrected chi connectivity index (χ2v) is 4.55. The van der Waals surface area contributed by atoms with Crippen molar-refractivity contribution < 1.29 is 4.42 Å². The third-order valence-corrected chi connectivity index (χ3v) is 3.05. The molecule has 0 fully saturated rings.